The number of aromatic amines is 1. The maximum atomic E-state index is 13.1. The zero-order chi connectivity index (χ0) is 28.1. The number of hydrogen-bond donors (Lipinski definition) is 2. The second kappa shape index (κ2) is 15.2. The number of H-pyrrole nitrogens is 1. The number of aromatic nitrogens is 4. The van der Waals surface area contributed by atoms with Gasteiger partial charge in [0, 0.05) is 25.5 Å². The van der Waals surface area contributed by atoms with Gasteiger partial charge in [-0.15, -0.1) is 10.2 Å². The molecule has 0 saturated carbocycles. The van der Waals surface area contributed by atoms with Crippen molar-refractivity contribution in [1.29, 1.82) is 0 Å². The van der Waals surface area contributed by atoms with Gasteiger partial charge in [0.25, 0.3) is 5.97 Å². The normalized spacial score (nSPS) is 11.3. The average Bonchev–Trinajstić information content (AvgIpc) is 3.42. The lowest BCUT2D eigenvalue weighted by molar-refractivity contribution is -0.157. The summed E-state index contributed by atoms with van der Waals surface area (Å²) in [6.07, 6.45) is 2.11. The molecule has 0 aliphatic rings. The summed E-state index contributed by atoms with van der Waals surface area (Å²) in [6.45, 7) is 9.43. The maximum absolute atomic E-state index is 13.1. The number of nitrogens with zero attached hydrogens (tertiary/aromatic N) is 4. The lowest BCUT2D eigenvalue weighted by Crippen LogP contribution is -2.48. The van der Waals surface area contributed by atoms with Crippen molar-refractivity contribution < 1.29 is 24.2 Å². The highest BCUT2D eigenvalue weighted by atomic mass is 16.5. The molecule has 0 aliphatic carbocycles. The second-order valence-electron chi connectivity index (χ2n) is 9.06. The minimum absolute atomic E-state index is 0.0277. The van der Waals surface area contributed by atoms with Gasteiger partial charge in [-0.3, -0.25) is 9.59 Å². The molecule has 10 nitrogen and oxygen atoms in total. The first-order valence-electron chi connectivity index (χ1n) is 12.8. The molecule has 1 aromatic heterocycles. The minimum atomic E-state index is -0.833. The van der Waals surface area contributed by atoms with Crippen molar-refractivity contribution in [2.75, 3.05) is 6.61 Å². The van der Waals surface area contributed by atoms with Gasteiger partial charge in [0.1, 0.15) is 6.04 Å². The Morgan fingerprint density at radius 1 is 1.03 bits per heavy atom. The number of aliphatic carboxylic acids is 1. The first-order chi connectivity index (χ1) is 18.2. The van der Waals surface area contributed by atoms with Gasteiger partial charge >= 0.3 is 5.97 Å². The Kier molecular flexibility index (Phi) is 12.1. The van der Waals surface area contributed by atoms with E-state index in [9.17, 15) is 9.59 Å². The summed E-state index contributed by atoms with van der Waals surface area (Å²) in [7, 11) is 0. The van der Waals surface area contributed by atoms with Crippen molar-refractivity contribution in [1.82, 2.24) is 25.5 Å². The van der Waals surface area contributed by atoms with Crippen LogP contribution in [0.1, 0.15) is 59.4 Å². The van der Waals surface area contributed by atoms with Crippen molar-refractivity contribution in [3.8, 4) is 22.5 Å². The highest BCUT2D eigenvalue weighted by molar-refractivity contribution is 5.85. The number of hydrogen-bond acceptors (Lipinski definition) is 7. The number of carbonyl (C=O) groups excluding carboxylic acids is 2. The Morgan fingerprint density at radius 2 is 1.66 bits per heavy atom. The molecule has 0 fully saturated rings. The van der Waals surface area contributed by atoms with Crippen LogP contribution in [-0.4, -0.2) is 61.1 Å². The molecular weight excluding hydrogens is 486 g/mol. The topological polar surface area (TPSA) is 138 Å². The molecule has 38 heavy (non-hydrogen) atoms. The number of carbonyl (C=O) groups is 3. The number of ether oxygens (including phenoxy) is 1. The molecule has 0 unspecified atom stereocenters. The van der Waals surface area contributed by atoms with Gasteiger partial charge in [0.05, 0.1) is 6.61 Å². The number of carboxylic acids is 1. The van der Waals surface area contributed by atoms with E-state index in [-0.39, 0.29) is 24.4 Å². The number of nitrogens with one attached hydrogen (secondary N) is 1. The van der Waals surface area contributed by atoms with Crippen LogP contribution in [0, 0.1) is 5.92 Å². The SMILES string of the molecule is CC(=O)O.CCCCC(=O)N(Cc1ccc(-c2ccccc2-c2nn[nH]n2)cc1)[C@H](C(=O)OCC)C(C)C. The van der Waals surface area contributed by atoms with Crippen LogP contribution in [0.2, 0.25) is 0 Å². The van der Waals surface area contributed by atoms with E-state index in [0.717, 1.165) is 42.0 Å². The Morgan fingerprint density at radius 3 is 2.18 bits per heavy atom. The largest absolute Gasteiger partial charge is 0.481 e. The summed E-state index contributed by atoms with van der Waals surface area (Å²) < 4.78 is 5.31. The summed E-state index contributed by atoms with van der Waals surface area (Å²) in [5.41, 5.74) is 3.81. The maximum Gasteiger partial charge on any atom is 0.329 e. The Bertz CT molecular complexity index is 1160. The zero-order valence-electron chi connectivity index (χ0n) is 22.7. The summed E-state index contributed by atoms with van der Waals surface area (Å²) >= 11 is 0. The highest BCUT2D eigenvalue weighted by Gasteiger charge is 2.33. The molecule has 10 heteroatoms. The van der Waals surface area contributed by atoms with Crippen LogP contribution in [0.25, 0.3) is 22.5 Å². The lowest BCUT2D eigenvalue weighted by Gasteiger charge is -2.33. The van der Waals surface area contributed by atoms with E-state index >= 15 is 0 Å². The highest BCUT2D eigenvalue weighted by Crippen LogP contribution is 2.30. The summed E-state index contributed by atoms with van der Waals surface area (Å²) in [5, 5.41) is 21.8. The molecule has 2 N–H and O–H groups in total. The predicted molar refractivity (Wildman–Crippen MR) is 144 cm³/mol. The van der Waals surface area contributed by atoms with Crippen molar-refractivity contribution in [3.63, 3.8) is 0 Å². The van der Waals surface area contributed by atoms with Crippen LogP contribution in [-0.2, 0) is 25.7 Å². The number of tetrazole rings is 1. The van der Waals surface area contributed by atoms with Crippen molar-refractivity contribution in [3.05, 3.63) is 54.1 Å². The van der Waals surface area contributed by atoms with Gasteiger partial charge in [-0.2, -0.15) is 5.21 Å². The van der Waals surface area contributed by atoms with Crippen LogP contribution >= 0.6 is 0 Å². The van der Waals surface area contributed by atoms with Gasteiger partial charge < -0.3 is 14.7 Å². The van der Waals surface area contributed by atoms with Crippen molar-refractivity contribution >= 4 is 17.8 Å². The molecule has 3 aromatic rings. The fourth-order valence-corrected chi connectivity index (χ4v) is 3.99. The number of unbranched alkanes of at least 4 members (excludes halogenated alkanes) is 1. The van der Waals surface area contributed by atoms with Gasteiger partial charge in [-0.05, 0) is 41.2 Å². The standard InChI is InChI=1S/C26H33N5O3.C2H4O2/c1-5-7-12-23(32)31(24(18(3)4)26(33)34-6-2)17-19-13-15-20(16-14-19)21-10-8-9-11-22(21)25-27-29-30-28-25;1-2(3)4/h8-11,13-16,18,24H,5-7,12,17H2,1-4H3,(H,27,28,29,30);1H3,(H,3,4)/t24-;/m0./s1. The monoisotopic (exact) mass is 523 g/mol. The number of carboxylic acid groups (broad SMARTS) is 1. The molecule has 0 radical (unpaired) electrons. The molecule has 1 amide bonds. The Balaban J connectivity index is 0.00000118. The third-order valence-electron chi connectivity index (χ3n) is 5.69. The lowest BCUT2D eigenvalue weighted by atomic mass is 9.97. The van der Waals surface area contributed by atoms with Crippen LogP contribution in [0.4, 0.5) is 0 Å². The fraction of sp³-hybridized carbons (Fsp3) is 0.429. The van der Waals surface area contributed by atoms with E-state index in [4.69, 9.17) is 14.6 Å². The number of amides is 1. The van der Waals surface area contributed by atoms with Crippen molar-refractivity contribution in [2.24, 2.45) is 5.92 Å². The molecule has 0 bridgehead atoms. The molecule has 204 valence electrons. The summed E-state index contributed by atoms with van der Waals surface area (Å²) in [6, 6.07) is 15.2. The minimum Gasteiger partial charge on any atom is -0.481 e. The predicted octanol–water partition coefficient (Wildman–Crippen LogP) is 4.73. The average molecular weight is 524 g/mol. The van der Waals surface area contributed by atoms with Crippen molar-refractivity contribution in [2.45, 2.75) is 66.5 Å². The van der Waals surface area contributed by atoms with E-state index in [1.807, 2.05) is 69.3 Å². The van der Waals surface area contributed by atoms with E-state index in [1.165, 1.54) is 0 Å². The van der Waals surface area contributed by atoms with E-state index in [2.05, 4.69) is 20.6 Å². The third-order valence-corrected chi connectivity index (χ3v) is 5.69. The van der Waals surface area contributed by atoms with Crippen LogP contribution in [0.3, 0.4) is 0 Å². The van der Waals surface area contributed by atoms with E-state index in [0.29, 0.717) is 18.8 Å². The molecular formula is C28H37N5O5. The molecule has 2 aromatic carbocycles. The third kappa shape index (κ3) is 8.79. The van der Waals surface area contributed by atoms with Crippen LogP contribution < -0.4 is 0 Å². The Labute approximate surface area is 223 Å². The molecule has 3 rings (SSSR count). The quantitative estimate of drug-likeness (QED) is 0.344. The number of rotatable bonds is 11. The second-order valence-corrected chi connectivity index (χ2v) is 9.06. The Hall–Kier alpha value is -4.08. The summed E-state index contributed by atoms with van der Waals surface area (Å²) in [5.74, 6) is -0.750. The number of benzene rings is 2. The molecule has 0 spiro atoms. The van der Waals surface area contributed by atoms with Gasteiger partial charge in [-0.25, -0.2) is 4.79 Å². The van der Waals surface area contributed by atoms with Crippen LogP contribution in [0.5, 0.6) is 0 Å². The van der Waals surface area contributed by atoms with Gasteiger partial charge in [0.15, 0.2) is 0 Å². The van der Waals surface area contributed by atoms with Gasteiger partial charge in [-0.1, -0.05) is 75.7 Å². The molecule has 1 atom stereocenters. The number of esters is 1. The zero-order valence-corrected chi connectivity index (χ0v) is 22.7. The van der Waals surface area contributed by atoms with E-state index in [1.54, 1.807) is 11.8 Å². The first kappa shape index (κ1) is 30.1. The van der Waals surface area contributed by atoms with Gasteiger partial charge in [0.2, 0.25) is 11.7 Å². The smallest absolute Gasteiger partial charge is 0.329 e. The van der Waals surface area contributed by atoms with E-state index < -0.39 is 12.0 Å². The fourth-order valence-electron chi connectivity index (χ4n) is 3.99. The molecule has 0 aliphatic heterocycles. The summed E-state index contributed by atoms with van der Waals surface area (Å²) in [4.78, 5) is 36.6. The molecule has 1 heterocycles. The first-order valence-corrected chi connectivity index (χ1v) is 12.8. The molecule has 0 saturated heterocycles. The van der Waals surface area contributed by atoms with Crippen LogP contribution in [0.15, 0.2) is 48.5 Å².